The van der Waals surface area contributed by atoms with Crippen LogP contribution in [0, 0.1) is 0 Å². The van der Waals surface area contributed by atoms with Crippen molar-refractivity contribution in [2.45, 2.75) is 148 Å². The van der Waals surface area contributed by atoms with Gasteiger partial charge in [0.05, 0.1) is 0 Å². The van der Waals surface area contributed by atoms with Gasteiger partial charge < -0.3 is 0 Å². The van der Waals surface area contributed by atoms with E-state index < -0.39 is 0 Å². The lowest BCUT2D eigenvalue weighted by atomic mass is 10.0. The van der Waals surface area contributed by atoms with Gasteiger partial charge in [-0.2, -0.15) is 0 Å². The Labute approximate surface area is 181 Å². The Morgan fingerprint density at radius 1 is 0.448 bits per heavy atom. The molecular formula is C26H49N3. The second-order valence-corrected chi connectivity index (χ2v) is 8.88. The van der Waals surface area contributed by atoms with E-state index in [0.29, 0.717) is 0 Å². The van der Waals surface area contributed by atoms with Crippen LogP contribution in [-0.2, 0) is 6.42 Å². The maximum Gasteiger partial charge on any atom is 0.131 e. The number of hydrogen-bond acceptors (Lipinski definition) is 3. The summed E-state index contributed by atoms with van der Waals surface area (Å²) in [7, 11) is 0. The van der Waals surface area contributed by atoms with Crippen LogP contribution >= 0.6 is 0 Å². The van der Waals surface area contributed by atoms with Crippen molar-refractivity contribution in [2.24, 2.45) is 0 Å². The van der Waals surface area contributed by atoms with Gasteiger partial charge in [-0.25, -0.2) is 15.0 Å². The van der Waals surface area contributed by atoms with Gasteiger partial charge in [0.25, 0.3) is 0 Å². The quantitative estimate of drug-likeness (QED) is 0.182. The Balaban J connectivity index is 1.66. The van der Waals surface area contributed by atoms with Crippen molar-refractivity contribution in [1.82, 2.24) is 15.0 Å². The van der Waals surface area contributed by atoms with Gasteiger partial charge in [-0.15, -0.1) is 0 Å². The molecule has 1 rings (SSSR count). The third-order valence-electron chi connectivity index (χ3n) is 6.05. The van der Waals surface area contributed by atoms with Crippen LogP contribution in [0.5, 0.6) is 0 Å². The van der Waals surface area contributed by atoms with Gasteiger partial charge in [0.1, 0.15) is 18.5 Å². The molecule has 0 saturated carbocycles. The highest BCUT2D eigenvalue weighted by Gasteiger charge is 1.97. The summed E-state index contributed by atoms with van der Waals surface area (Å²) in [6.07, 6.45) is 34.2. The minimum absolute atomic E-state index is 0.942. The monoisotopic (exact) mass is 403 g/mol. The maximum atomic E-state index is 4.18. The molecule has 0 spiro atoms. The second kappa shape index (κ2) is 21.7. The summed E-state index contributed by atoms with van der Waals surface area (Å²) >= 11 is 0. The first kappa shape index (κ1) is 26.0. The Bertz CT molecular complexity index is 421. The smallest absolute Gasteiger partial charge is 0.131 e. The van der Waals surface area contributed by atoms with Gasteiger partial charge in [0, 0.05) is 6.42 Å². The minimum atomic E-state index is 0.942. The van der Waals surface area contributed by atoms with Gasteiger partial charge in [0.2, 0.25) is 0 Å². The van der Waals surface area contributed by atoms with E-state index >= 15 is 0 Å². The molecule has 0 saturated heterocycles. The number of aryl methyl sites for hydroxylation is 1. The molecule has 168 valence electrons. The van der Waals surface area contributed by atoms with Crippen LogP contribution in [0.1, 0.15) is 148 Å². The molecule has 3 heteroatoms. The van der Waals surface area contributed by atoms with Crippen molar-refractivity contribution >= 4 is 0 Å². The van der Waals surface area contributed by atoms with E-state index in [4.69, 9.17) is 0 Å². The van der Waals surface area contributed by atoms with E-state index in [-0.39, 0.29) is 0 Å². The molecule has 0 aliphatic rings. The van der Waals surface area contributed by atoms with E-state index in [9.17, 15) is 0 Å². The predicted molar refractivity (Wildman–Crippen MR) is 126 cm³/mol. The molecule has 0 radical (unpaired) electrons. The van der Waals surface area contributed by atoms with E-state index in [1.165, 1.54) is 135 Å². The zero-order chi connectivity index (χ0) is 20.7. The Morgan fingerprint density at radius 3 is 1.10 bits per heavy atom. The first-order chi connectivity index (χ1) is 14.4. The standard InChI is InChI=1S/C26H49N3/c1-2-3-4-5-6-7-8-9-10-11-12-13-14-15-16-17-18-19-20-21-22-23-26-28-24-27-25-29-26/h24-25H,2-23H2,1H3. The Hall–Kier alpha value is -0.990. The molecular weight excluding hydrogens is 354 g/mol. The van der Waals surface area contributed by atoms with E-state index in [1.54, 1.807) is 12.7 Å². The number of nitrogens with zero attached hydrogens (tertiary/aromatic N) is 3. The van der Waals surface area contributed by atoms with E-state index in [2.05, 4.69) is 21.9 Å². The highest BCUT2D eigenvalue weighted by Crippen LogP contribution is 2.15. The number of hydrogen-bond donors (Lipinski definition) is 0. The molecule has 0 aromatic carbocycles. The lowest BCUT2D eigenvalue weighted by Gasteiger charge is -2.04. The summed E-state index contributed by atoms with van der Waals surface area (Å²) in [5.74, 6) is 0.942. The molecule has 0 atom stereocenters. The van der Waals surface area contributed by atoms with Gasteiger partial charge in [0.15, 0.2) is 0 Å². The van der Waals surface area contributed by atoms with Crippen molar-refractivity contribution in [3.63, 3.8) is 0 Å². The van der Waals surface area contributed by atoms with E-state index in [1.807, 2.05) is 0 Å². The molecule has 0 amide bonds. The number of aromatic nitrogens is 3. The van der Waals surface area contributed by atoms with Crippen LogP contribution in [0.15, 0.2) is 12.7 Å². The highest BCUT2D eigenvalue weighted by molar-refractivity contribution is 4.80. The van der Waals surface area contributed by atoms with Crippen LogP contribution < -0.4 is 0 Å². The molecule has 29 heavy (non-hydrogen) atoms. The van der Waals surface area contributed by atoms with Crippen LogP contribution in [0.2, 0.25) is 0 Å². The largest absolute Gasteiger partial charge is 0.225 e. The van der Waals surface area contributed by atoms with Crippen molar-refractivity contribution in [2.75, 3.05) is 0 Å². The van der Waals surface area contributed by atoms with Crippen molar-refractivity contribution in [3.8, 4) is 0 Å². The van der Waals surface area contributed by atoms with Crippen molar-refractivity contribution < 1.29 is 0 Å². The van der Waals surface area contributed by atoms with Gasteiger partial charge in [-0.3, -0.25) is 0 Å². The van der Waals surface area contributed by atoms with Crippen LogP contribution in [-0.4, -0.2) is 15.0 Å². The SMILES string of the molecule is CCCCCCCCCCCCCCCCCCCCCCCc1ncncn1. The molecule has 0 N–H and O–H groups in total. The topological polar surface area (TPSA) is 38.7 Å². The molecule has 0 bridgehead atoms. The molecule has 1 heterocycles. The van der Waals surface area contributed by atoms with Crippen molar-refractivity contribution in [3.05, 3.63) is 18.5 Å². The van der Waals surface area contributed by atoms with Gasteiger partial charge in [-0.05, 0) is 6.42 Å². The fourth-order valence-electron chi connectivity index (χ4n) is 4.11. The molecule has 0 fully saturated rings. The lowest BCUT2D eigenvalue weighted by Crippen LogP contribution is -1.94. The first-order valence-corrected chi connectivity index (χ1v) is 13.0. The summed E-state index contributed by atoms with van der Waals surface area (Å²) in [4.78, 5) is 12.2. The third-order valence-corrected chi connectivity index (χ3v) is 6.05. The zero-order valence-electron chi connectivity index (χ0n) is 19.6. The summed E-state index contributed by atoms with van der Waals surface area (Å²) in [6.45, 7) is 2.30. The molecule has 0 unspecified atom stereocenters. The predicted octanol–water partition coefficient (Wildman–Crippen LogP) is 8.63. The van der Waals surface area contributed by atoms with Gasteiger partial charge >= 0.3 is 0 Å². The first-order valence-electron chi connectivity index (χ1n) is 13.0. The summed E-state index contributed by atoms with van der Waals surface area (Å²) in [5.41, 5.74) is 0. The lowest BCUT2D eigenvalue weighted by molar-refractivity contribution is 0.520. The normalized spacial score (nSPS) is 11.2. The average molecular weight is 404 g/mol. The Morgan fingerprint density at radius 2 is 0.759 bits per heavy atom. The fraction of sp³-hybridized carbons (Fsp3) is 0.885. The third kappa shape index (κ3) is 18.8. The number of unbranched alkanes of at least 4 members (excludes halogenated alkanes) is 20. The molecule has 3 nitrogen and oxygen atoms in total. The van der Waals surface area contributed by atoms with Crippen LogP contribution in [0.3, 0.4) is 0 Å². The zero-order valence-corrected chi connectivity index (χ0v) is 19.6. The second-order valence-electron chi connectivity index (χ2n) is 8.88. The average Bonchev–Trinajstić information content (AvgIpc) is 2.75. The van der Waals surface area contributed by atoms with E-state index in [0.717, 1.165) is 12.2 Å². The Kier molecular flexibility index (Phi) is 19.5. The van der Waals surface area contributed by atoms with Crippen LogP contribution in [0.25, 0.3) is 0 Å². The highest BCUT2D eigenvalue weighted by atomic mass is 15.0. The minimum Gasteiger partial charge on any atom is -0.225 e. The maximum absolute atomic E-state index is 4.18. The molecule has 1 aromatic rings. The van der Waals surface area contributed by atoms with Gasteiger partial charge in [-0.1, -0.05) is 135 Å². The molecule has 0 aliphatic carbocycles. The summed E-state index contributed by atoms with van der Waals surface area (Å²) < 4.78 is 0. The van der Waals surface area contributed by atoms with Crippen molar-refractivity contribution in [1.29, 1.82) is 0 Å². The number of rotatable bonds is 22. The van der Waals surface area contributed by atoms with Crippen LogP contribution in [0.4, 0.5) is 0 Å². The molecule has 1 aromatic heterocycles. The summed E-state index contributed by atoms with van der Waals surface area (Å²) in [5, 5.41) is 0. The fourth-order valence-corrected chi connectivity index (χ4v) is 4.11. The molecule has 0 aliphatic heterocycles. The summed E-state index contributed by atoms with van der Waals surface area (Å²) in [6, 6.07) is 0.